The van der Waals surface area contributed by atoms with Crippen molar-refractivity contribution in [1.29, 1.82) is 0 Å². The maximum Gasteiger partial charge on any atom is 0.0314 e. The van der Waals surface area contributed by atoms with Gasteiger partial charge in [-0.25, -0.2) is 0 Å². The molecule has 1 nitrogen and oxygen atoms in total. The van der Waals surface area contributed by atoms with Gasteiger partial charge >= 0.3 is 0 Å². The van der Waals surface area contributed by atoms with Crippen LogP contribution in [-0.2, 0) is 0 Å². The molecule has 2 aromatic rings. The summed E-state index contributed by atoms with van der Waals surface area (Å²) in [5.74, 6) is 0. The maximum absolute atomic E-state index is 5.63. The Morgan fingerprint density at radius 1 is 0.714 bits per heavy atom. The lowest BCUT2D eigenvalue weighted by molar-refractivity contribution is 1.63. The molecule has 0 spiro atoms. The van der Waals surface area contributed by atoms with Crippen LogP contribution in [0.15, 0.2) is 48.5 Å². The van der Waals surface area contributed by atoms with E-state index in [4.69, 9.17) is 5.73 Å². The van der Waals surface area contributed by atoms with Crippen LogP contribution in [0.2, 0.25) is 0 Å². The molecule has 2 heteroatoms. The molecule has 0 aliphatic heterocycles. The van der Waals surface area contributed by atoms with Crippen molar-refractivity contribution in [2.45, 2.75) is 0 Å². The zero-order valence-corrected chi connectivity index (χ0v) is 8.93. The molecule has 2 N–H and O–H groups in total. The smallest absolute Gasteiger partial charge is 0.0314 e. The van der Waals surface area contributed by atoms with E-state index in [0.29, 0.717) is 0 Å². The number of nitrogens with two attached hydrogens (primary N) is 1. The van der Waals surface area contributed by atoms with E-state index in [1.54, 1.807) is 0 Å². The number of hydrogen-bond acceptors (Lipinski definition) is 1. The first-order valence-electron chi connectivity index (χ1n) is 4.47. The lowest BCUT2D eigenvalue weighted by Gasteiger charge is -2.02. The van der Waals surface area contributed by atoms with Crippen LogP contribution in [0.3, 0.4) is 0 Å². The molecule has 14 heavy (non-hydrogen) atoms. The van der Waals surface area contributed by atoms with Crippen LogP contribution in [0, 0.1) is 0 Å². The summed E-state index contributed by atoms with van der Waals surface area (Å²) in [4.78, 5) is 0. The Labute approximate surface area is 86.2 Å². The lowest BCUT2D eigenvalue weighted by Crippen LogP contribution is -1.88. The van der Waals surface area contributed by atoms with Crippen molar-refractivity contribution in [2.75, 3.05) is 5.73 Å². The minimum Gasteiger partial charge on any atom is -0.399 e. The average Bonchev–Trinajstić information content (AvgIpc) is 2.21. The van der Waals surface area contributed by atoms with Crippen LogP contribution in [0.1, 0.15) is 0 Å². The Kier molecular flexibility index (Phi) is 2.51. The predicted molar refractivity (Wildman–Crippen MR) is 65.6 cm³/mol. The van der Waals surface area contributed by atoms with Crippen LogP contribution in [0.25, 0.3) is 11.1 Å². The standard InChI is InChI=1S/C12H12NP/c13-11-5-1-9(2-6-11)10-3-7-12(14)8-4-10/h1-8H,13-14H2. The van der Waals surface area contributed by atoms with Gasteiger partial charge in [0.1, 0.15) is 0 Å². The molecule has 0 amide bonds. The van der Waals surface area contributed by atoms with Gasteiger partial charge in [-0.3, -0.25) is 0 Å². The van der Waals surface area contributed by atoms with Gasteiger partial charge in [0.05, 0.1) is 0 Å². The fourth-order valence-electron chi connectivity index (χ4n) is 1.35. The highest BCUT2D eigenvalue weighted by molar-refractivity contribution is 7.27. The molecule has 0 radical (unpaired) electrons. The summed E-state index contributed by atoms with van der Waals surface area (Å²) in [5.41, 5.74) is 8.84. The fourth-order valence-corrected chi connectivity index (χ4v) is 1.54. The summed E-state index contributed by atoms with van der Waals surface area (Å²) in [6.07, 6.45) is 0. The van der Waals surface area contributed by atoms with Crippen LogP contribution in [0.5, 0.6) is 0 Å². The maximum atomic E-state index is 5.63. The number of benzene rings is 2. The highest BCUT2D eigenvalue weighted by atomic mass is 31.0. The second-order valence-corrected chi connectivity index (χ2v) is 3.91. The van der Waals surface area contributed by atoms with E-state index in [1.165, 1.54) is 16.4 Å². The molecule has 0 bridgehead atoms. The summed E-state index contributed by atoms with van der Waals surface area (Å²) in [5, 5.41) is 1.20. The van der Waals surface area contributed by atoms with Crippen molar-refractivity contribution in [3.05, 3.63) is 48.5 Å². The first-order valence-corrected chi connectivity index (χ1v) is 5.05. The fraction of sp³-hybridized carbons (Fsp3) is 0. The van der Waals surface area contributed by atoms with Crippen LogP contribution < -0.4 is 11.0 Å². The van der Waals surface area contributed by atoms with Crippen molar-refractivity contribution in [2.24, 2.45) is 0 Å². The normalized spacial score (nSPS) is 10.1. The molecule has 70 valence electrons. The third-order valence-corrected chi connectivity index (χ3v) is 2.54. The Balaban J connectivity index is 2.40. The molecular formula is C12H12NP. The van der Waals surface area contributed by atoms with E-state index in [1.807, 2.05) is 24.3 Å². The van der Waals surface area contributed by atoms with Gasteiger partial charge in [-0.1, -0.05) is 36.4 Å². The topological polar surface area (TPSA) is 26.0 Å². The molecule has 0 fully saturated rings. The Hall–Kier alpha value is -1.33. The van der Waals surface area contributed by atoms with E-state index in [0.717, 1.165) is 5.69 Å². The zero-order valence-electron chi connectivity index (χ0n) is 7.77. The Morgan fingerprint density at radius 2 is 1.14 bits per heavy atom. The van der Waals surface area contributed by atoms with Gasteiger partial charge in [-0.05, 0) is 28.6 Å². The van der Waals surface area contributed by atoms with Gasteiger partial charge in [0.25, 0.3) is 0 Å². The van der Waals surface area contributed by atoms with Gasteiger partial charge in [0.15, 0.2) is 0 Å². The SMILES string of the molecule is Nc1ccc(-c2ccc(P)cc2)cc1. The molecule has 0 aliphatic rings. The van der Waals surface area contributed by atoms with Crippen molar-refractivity contribution in [1.82, 2.24) is 0 Å². The third kappa shape index (κ3) is 1.94. The largest absolute Gasteiger partial charge is 0.399 e. The summed E-state index contributed by atoms with van der Waals surface area (Å²) in [7, 11) is 2.68. The van der Waals surface area contributed by atoms with E-state index in [2.05, 4.69) is 33.5 Å². The molecule has 1 unspecified atom stereocenters. The second-order valence-electron chi connectivity index (χ2n) is 3.24. The Bertz CT molecular complexity index is 374. The molecule has 0 aliphatic carbocycles. The van der Waals surface area contributed by atoms with E-state index >= 15 is 0 Å². The van der Waals surface area contributed by atoms with E-state index in [9.17, 15) is 0 Å². The lowest BCUT2D eigenvalue weighted by atomic mass is 10.1. The van der Waals surface area contributed by atoms with Crippen LogP contribution in [0.4, 0.5) is 5.69 Å². The number of rotatable bonds is 1. The molecule has 0 heterocycles. The molecule has 0 saturated heterocycles. The van der Waals surface area contributed by atoms with Gasteiger partial charge in [-0.15, -0.1) is 9.24 Å². The monoisotopic (exact) mass is 201 g/mol. The second kappa shape index (κ2) is 3.81. The molecular weight excluding hydrogens is 189 g/mol. The van der Waals surface area contributed by atoms with Crippen molar-refractivity contribution in [3.8, 4) is 11.1 Å². The Morgan fingerprint density at radius 3 is 1.64 bits per heavy atom. The number of nitrogen functional groups attached to an aromatic ring is 1. The average molecular weight is 201 g/mol. The highest BCUT2D eigenvalue weighted by Crippen LogP contribution is 2.19. The molecule has 2 rings (SSSR count). The summed E-state index contributed by atoms with van der Waals surface area (Å²) in [6.45, 7) is 0. The minimum atomic E-state index is 0.802. The van der Waals surface area contributed by atoms with Crippen LogP contribution >= 0.6 is 9.24 Å². The first kappa shape index (κ1) is 9.23. The molecule has 2 aromatic carbocycles. The van der Waals surface area contributed by atoms with E-state index in [-0.39, 0.29) is 0 Å². The van der Waals surface area contributed by atoms with Crippen molar-refractivity contribution < 1.29 is 0 Å². The molecule has 0 saturated carbocycles. The first-order chi connectivity index (χ1) is 6.75. The van der Waals surface area contributed by atoms with Crippen LogP contribution in [-0.4, -0.2) is 0 Å². The van der Waals surface area contributed by atoms with E-state index < -0.39 is 0 Å². The molecule has 1 atom stereocenters. The summed E-state index contributed by atoms with van der Waals surface area (Å²) in [6, 6.07) is 16.3. The van der Waals surface area contributed by atoms with Crippen molar-refractivity contribution >= 4 is 20.2 Å². The molecule has 0 aromatic heterocycles. The predicted octanol–water partition coefficient (Wildman–Crippen LogP) is 2.44. The van der Waals surface area contributed by atoms with Gasteiger partial charge < -0.3 is 5.73 Å². The zero-order chi connectivity index (χ0) is 9.97. The quantitative estimate of drug-likeness (QED) is 0.556. The third-order valence-electron chi connectivity index (χ3n) is 2.15. The highest BCUT2D eigenvalue weighted by Gasteiger charge is 1.95. The van der Waals surface area contributed by atoms with Gasteiger partial charge in [0.2, 0.25) is 0 Å². The van der Waals surface area contributed by atoms with Gasteiger partial charge in [0, 0.05) is 5.69 Å². The van der Waals surface area contributed by atoms with Crippen molar-refractivity contribution in [3.63, 3.8) is 0 Å². The number of hydrogen-bond donors (Lipinski definition) is 1. The van der Waals surface area contributed by atoms with Gasteiger partial charge in [-0.2, -0.15) is 0 Å². The summed E-state index contributed by atoms with van der Waals surface area (Å²) < 4.78 is 0. The minimum absolute atomic E-state index is 0.802. The number of anilines is 1. The summed E-state index contributed by atoms with van der Waals surface area (Å²) >= 11 is 0.